The van der Waals surface area contributed by atoms with Crippen molar-refractivity contribution in [2.45, 2.75) is 32.2 Å². The fourth-order valence-corrected chi connectivity index (χ4v) is 2.80. The van der Waals surface area contributed by atoms with Gasteiger partial charge in [-0.3, -0.25) is 4.79 Å². The molecule has 0 saturated carbocycles. The van der Waals surface area contributed by atoms with Crippen molar-refractivity contribution in [3.8, 4) is 6.07 Å². The fourth-order valence-electron chi connectivity index (χ4n) is 2.80. The van der Waals surface area contributed by atoms with Gasteiger partial charge in [0.15, 0.2) is 5.78 Å². The van der Waals surface area contributed by atoms with Gasteiger partial charge >= 0.3 is 0 Å². The minimum absolute atomic E-state index is 0.174. The number of rotatable bonds is 2. The lowest BCUT2D eigenvalue weighted by Crippen LogP contribution is -2.01. The Balaban J connectivity index is 1.91. The number of Topliss-reactive ketones (excluding diaryl/α,β-unsaturated/α-hetero) is 1. The van der Waals surface area contributed by atoms with Gasteiger partial charge in [-0.15, -0.1) is 0 Å². The number of hydrogen-bond donors (Lipinski definition) is 0. The number of nitriles is 1. The second-order valence-electron chi connectivity index (χ2n) is 5.42. The summed E-state index contributed by atoms with van der Waals surface area (Å²) in [5, 5.41) is 8.89. The van der Waals surface area contributed by atoms with Crippen LogP contribution in [0.2, 0.25) is 0 Å². The molecule has 1 aliphatic carbocycles. The van der Waals surface area contributed by atoms with Crippen LogP contribution in [0, 0.1) is 17.1 Å². The number of carbonyl (C=O) groups excluding carboxylic acids is 1. The molecule has 2 aromatic rings. The first-order valence-electron chi connectivity index (χ1n) is 7.08. The highest BCUT2D eigenvalue weighted by Crippen LogP contribution is 2.22. The highest BCUT2D eigenvalue weighted by Gasteiger charge is 2.18. The van der Waals surface area contributed by atoms with Crippen molar-refractivity contribution in [1.29, 1.82) is 5.26 Å². The molecule has 0 spiro atoms. The zero-order valence-corrected chi connectivity index (χ0v) is 11.6. The number of aryl methyl sites for hydroxylation is 1. The van der Waals surface area contributed by atoms with Crippen LogP contribution < -0.4 is 0 Å². The van der Waals surface area contributed by atoms with E-state index in [1.165, 1.54) is 12.1 Å². The van der Waals surface area contributed by atoms with Gasteiger partial charge in [-0.1, -0.05) is 0 Å². The van der Waals surface area contributed by atoms with Gasteiger partial charge in [-0.05, 0) is 43.0 Å². The molecule has 0 aliphatic heterocycles. The Morgan fingerprint density at radius 2 is 2.05 bits per heavy atom. The van der Waals surface area contributed by atoms with Gasteiger partial charge in [0.1, 0.15) is 5.82 Å². The van der Waals surface area contributed by atoms with Crippen LogP contribution in [-0.4, -0.2) is 10.4 Å². The smallest absolute Gasteiger partial charge is 0.164 e. The number of benzene rings is 1. The minimum Gasteiger partial charge on any atom is -0.349 e. The number of halogens is 1. The third-order valence-corrected chi connectivity index (χ3v) is 3.89. The summed E-state index contributed by atoms with van der Waals surface area (Å²) < 4.78 is 15.7. The molecule has 3 rings (SSSR count). The SMILES string of the molecule is N#Cc1ccc(F)c(Cn2cc3c(c2)C(=O)CCCC3)c1. The molecule has 106 valence electrons. The fraction of sp³-hybridized carbons (Fsp3) is 0.294. The summed E-state index contributed by atoms with van der Waals surface area (Å²) in [6.07, 6.45) is 7.18. The van der Waals surface area contributed by atoms with Gasteiger partial charge in [0, 0.05) is 36.5 Å². The van der Waals surface area contributed by atoms with Crippen molar-refractivity contribution >= 4 is 5.78 Å². The van der Waals surface area contributed by atoms with Gasteiger partial charge in [0.2, 0.25) is 0 Å². The van der Waals surface area contributed by atoms with Crippen LogP contribution in [0.15, 0.2) is 30.6 Å². The Morgan fingerprint density at radius 3 is 2.86 bits per heavy atom. The predicted molar refractivity (Wildman–Crippen MR) is 76.5 cm³/mol. The molecule has 1 aliphatic rings. The van der Waals surface area contributed by atoms with E-state index >= 15 is 0 Å². The zero-order chi connectivity index (χ0) is 14.8. The van der Waals surface area contributed by atoms with Crippen LogP contribution in [0.4, 0.5) is 4.39 Å². The van der Waals surface area contributed by atoms with Crippen molar-refractivity contribution < 1.29 is 9.18 Å². The minimum atomic E-state index is -0.329. The van der Waals surface area contributed by atoms with Crippen molar-refractivity contribution in [2.75, 3.05) is 0 Å². The normalized spacial score (nSPS) is 14.4. The monoisotopic (exact) mass is 282 g/mol. The lowest BCUT2D eigenvalue weighted by Gasteiger charge is -2.05. The summed E-state index contributed by atoms with van der Waals surface area (Å²) >= 11 is 0. The summed E-state index contributed by atoms with van der Waals surface area (Å²) in [5.41, 5.74) is 2.72. The molecule has 0 unspecified atom stereocenters. The largest absolute Gasteiger partial charge is 0.349 e. The lowest BCUT2D eigenvalue weighted by atomic mass is 10.1. The van der Waals surface area contributed by atoms with Gasteiger partial charge in [-0.25, -0.2) is 4.39 Å². The van der Waals surface area contributed by atoms with E-state index in [1.54, 1.807) is 6.07 Å². The number of ketones is 1. The van der Waals surface area contributed by atoms with E-state index in [1.807, 2.05) is 23.0 Å². The summed E-state index contributed by atoms with van der Waals surface area (Å²) in [4.78, 5) is 12.0. The molecule has 4 heteroatoms. The number of fused-ring (bicyclic) bond motifs is 1. The van der Waals surface area contributed by atoms with E-state index in [2.05, 4.69) is 0 Å². The van der Waals surface area contributed by atoms with Crippen molar-refractivity contribution in [2.24, 2.45) is 0 Å². The number of aromatic nitrogens is 1. The summed E-state index contributed by atoms with van der Waals surface area (Å²) in [5.74, 6) is -0.156. The third kappa shape index (κ3) is 2.73. The maximum atomic E-state index is 13.8. The van der Waals surface area contributed by atoms with E-state index in [0.29, 0.717) is 24.1 Å². The molecule has 0 amide bonds. The number of hydrogen-bond acceptors (Lipinski definition) is 2. The van der Waals surface area contributed by atoms with E-state index in [0.717, 1.165) is 30.4 Å². The summed E-state index contributed by atoms with van der Waals surface area (Å²) in [6.45, 7) is 0.335. The highest BCUT2D eigenvalue weighted by atomic mass is 19.1. The molecular formula is C17H15FN2O. The Hall–Kier alpha value is -2.41. The zero-order valence-electron chi connectivity index (χ0n) is 11.6. The van der Waals surface area contributed by atoms with Crippen LogP contribution in [0.25, 0.3) is 0 Å². The average molecular weight is 282 g/mol. The van der Waals surface area contributed by atoms with Gasteiger partial charge in [0.05, 0.1) is 11.6 Å². The van der Waals surface area contributed by atoms with Crippen LogP contribution in [-0.2, 0) is 13.0 Å². The molecule has 0 radical (unpaired) electrons. The Labute approximate surface area is 122 Å². The molecule has 21 heavy (non-hydrogen) atoms. The molecule has 1 aromatic heterocycles. The van der Waals surface area contributed by atoms with E-state index in [9.17, 15) is 9.18 Å². The molecular weight excluding hydrogens is 267 g/mol. The second kappa shape index (κ2) is 5.53. The van der Waals surface area contributed by atoms with Crippen LogP contribution in [0.1, 0.15) is 46.3 Å². The average Bonchev–Trinajstić information content (AvgIpc) is 2.81. The van der Waals surface area contributed by atoms with Crippen LogP contribution >= 0.6 is 0 Å². The van der Waals surface area contributed by atoms with Crippen LogP contribution in [0.5, 0.6) is 0 Å². The summed E-state index contributed by atoms with van der Waals surface area (Å²) in [7, 11) is 0. The first-order valence-corrected chi connectivity index (χ1v) is 7.08. The second-order valence-corrected chi connectivity index (χ2v) is 5.42. The first kappa shape index (κ1) is 13.6. The Morgan fingerprint density at radius 1 is 1.24 bits per heavy atom. The van der Waals surface area contributed by atoms with Gasteiger partial charge < -0.3 is 4.57 Å². The topological polar surface area (TPSA) is 45.8 Å². The third-order valence-electron chi connectivity index (χ3n) is 3.89. The molecule has 0 atom stereocenters. The van der Waals surface area contributed by atoms with Gasteiger partial charge in [-0.2, -0.15) is 5.26 Å². The number of carbonyl (C=O) groups is 1. The van der Waals surface area contributed by atoms with Gasteiger partial charge in [0.25, 0.3) is 0 Å². The molecule has 0 bridgehead atoms. The Bertz CT molecular complexity index is 740. The maximum Gasteiger partial charge on any atom is 0.164 e. The molecule has 0 fully saturated rings. The van der Waals surface area contributed by atoms with Crippen molar-refractivity contribution in [3.63, 3.8) is 0 Å². The van der Waals surface area contributed by atoms with E-state index in [-0.39, 0.29) is 11.6 Å². The molecule has 1 aromatic carbocycles. The first-order chi connectivity index (χ1) is 10.2. The number of nitrogens with zero attached hydrogens (tertiary/aromatic N) is 2. The van der Waals surface area contributed by atoms with Crippen molar-refractivity contribution in [3.05, 3.63) is 58.7 Å². The standard InChI is InChI=1S/C17H15FN2O/c18-16-6-5-12(8-19)7-14(16)10-20-9-13-3-1-2-4-17(21)15(13)11-20/h5-7,9,11H,1-4,10H2. The van der Waals surface area contributed by atoms with Crippen molar-refractivity contribution in [1.82, 2.24) is 4.57 Å². The summed E-state index contributed by atoms with van der Waals surface area (Å²) in [6, 6.07) is 6.35. The highest BCUT2D eigenvalue weighted by molar-refractivity contribution is 5.97. The van der Waals surface area contributed by atoms with E-state index < -0.39 is 0 Å². The molecule has 0 saturated heterocycles. The quantitative estimate of drug-likeness (QED) is 0.792. The van der Waals surface area contributed by atoms with E-state index in [4.69, 9.17) is 5.26 Å². The maximum absolute atomic E-state index is 13.8. The molecule has 3 nitrogen and oxygen atoms in total. The predicted octanol–water partition coefficient (Wildman–Crippen LogP) is 3.46. The molecule has 0 N–H and O–H groups in total. The Kier molecular flexibility index (Phi) is 3.57. The molecule has 1 heterocycles. The van der Waals surface area contributed by atoms with Crippen LogP contribution in [0.3, 0.4) is 0 Å². The lowest BCUT2D eigenvalue weighted by molar-refractivity contribution is 0.0982.